The maximum absolute atomic E-state index is 11.8. The number of carbonyl (C=O) groups is 1. The first-order valence-electron chi connectivity index (χ1n) is 7.66. The summed E-state index contributed by atoms with van der Waals surface area (Å²) in [6.07, 6.45) is 3.36. The van der Waals surface area contributed by atoms with Gasteiger partial charge in [0.25, 0.3) is 5.91 Å². The molecule has 2 heterocycles. The van der Waals surface area contributed by atoms with Crippen LogP contribution in [-0.2, 0) is 0 Å². The predicted molar refractivity (Wildman–Crippen MR) is 88.1 cm³/mol. The summed E-state index contributed by atoms with van der Waals surface area (Å²) >= 11 is 1.47. The predicted octanol–water partition coefficient (Wildman–Crippen LogP) is 1.93. The number of thiophene rings is 1. The van der Waals surface area contributed by atoms with Crippen LogP contribution in [0.1, 0.15) is 35.9 Å². The second-order valence-corrected chi connectivity index (χ2v) is 5.96. The molecule has 0 spiro atoms. The molecule has 1 amide bonds. The third-order valence-corrected chi connectivity index (χ3v) is 4.24. The fraction of sp³-hybridized carbons (Fsp3) is 0.600. The molecule has 2 N–H and O–H groups in total. The quantitative estimate of drug-likeness (QED) is 0.480. The lowest BCUT2D eigenvalue weighted by atomic mass is 10.4. The first-order chi connectivity index (χ1) is 10.3. The fourth-order valence-electron chi connectivity index (χ4n) is 2.32. The number of nitrogens with one attached hydrogen (secondary N) is 2. The van der Waals surface area contributed by atoms with E-state index in [0.717, 1.165) is 43.4 Å². The van der Waals surface area contributed by atoms with E-state index in [-0.39, 0.29) is 5.91 Å². The van der Waals surface area contributed by atoms with Crippen LogP contribution in [0.25, 0.3) is 0 Å². The van der Waals surface area contributed by atoms with Crippen molar-refractivity contribution in [3.63, 3.8) is 0 Å². The van der Waals surface area contributed by atoms with Crippen LogP contribution in [0.2, 0.25) is 0 Å². The van der Waals surface area contributed by atoms with Crippen LogP contribution in [0.3, 0.4) is 0 Å². The van der Waals surface area contributed by atoms with E-state index in [2.05, 4.69) is 27.4 Å². The molecule has 116 valence electrons. The zero-order valence-electron chi connectivity index (χ0n) is 12.6. The van der Waals surface area contributed by atoms with Crippen LogP contribution in [0.4, 0.5) is 0 Å². The van der Waals surface area contributed by atoms with Gasteiger partial charge in [-0.25, -0.2) is 0 Å². The Kier molecular flexibility index (Phi) is 6.53. The van der Waals surface area contributed by atoms with Crippen molar-refractivity contribution in [2.45, 2.75) is 26.2 Å². The minimum Gasteiger partial charge on any atom is -0.357 e. The molecule has 0 atom stereocenters. The highest BCUT2D eigenvalue weighted by atomic mass is 32.1. The number of guanidine groups is 1. The summed E-state index contributed by atoms with van der Waals surface area (Å²) in [7, 11) is 0. The van der Waals surface area contributed by atoms with E-state index in [9.17, 15) is 4.79 Å². The van der Waals surface area contributed by atoms with E-state index < -0.39 is 0 Å². The Morgan fingerprint density at radius 2 is 2.19 bits per heavy atom. The second-order valence-electron chi connectivity index (χ2n) is 5.02. The summed E-state index contributed by atoms with van der Waals surface area (Å²) in [5, 5.41) is 8.18. The maximum atomic E-state index is 11.8. The second kappa shape index (κ2) is 8.67. The summed E-state index contributed by atoms with van der Waals surface area (Å²) < 4.78 is 0. The number of hydrogen-bond acceptors (Lipinski definition) is 3. The van der Waals surface area contributed by atoms with E-state index in [4.69, 9.17) is 0 Å². The molecule has 1 saturated heterocycles. The van der Waals surface area contributed by atoms with Gasteiger partial charge in [-0.2, -0.15) is 0 Å². The fourth-order valence-corrected chi connectivity index (χ4v) is 2.96. The first kappa shape index (κ1) is 15.8. The van der Waals surface area contributed by atoms with Crippen molar-refractivity contribution in [2.24, 2.45) is 4.99 Å². The molecule has 0 radical (unpaired) electrons. The average molecular weight is 308 g/mol. The molecule has 0 aromatic carbocycles. The van der Waals surface area contributed by atoms with Crippen molar-refractivity contribution in [2.75, 3.05) is 32.7 Å². The standard InChI is InChI=1S/C15H24N4OS/c1-2-16-15(19-10-3-4-11-19)18-9-6-8-17-14(20)13-7-5-12-21-13/h5,7,12H,2-4,6,8-11H2,1H3,(H,16,18)(H,17,20). The third-order valence-electron chi connectivity index (χ3n) is 3.37. The number of hydrogen-bond donors (Lipinski definition) is 2. The molecular weight excluding hydrogens is 284 g/mol. The summed E-state index contributed by atoms with van der Waals surface area (Å²) in [4.78, 5) is 19.5. The van der Waals surface area contributed by atoms with E-state index in [1.807, 2.05) is 17.5 Å². The molecule has 1 aliphatic heterocycles. The number of amides is 1. The monoisotopic (exact) mass is 308 g/mol. The Morgan fingerprint density at radius 1 is 1.38 bits per heavy atom. The molecule has 1 aromatic heterocycles. The molecule has 1 aromatic rings. The molecule has 5 nitrogen and oxygen atoms in total. The van der Waals surface area contributed by atoms with E-state index in [1.165, 1.54) is 24.2 Å². The number of nitrogens with zero attached hydrogens (tertiary/aromatic N) is 2. The molecule has 1 fully saturated rings. The van der Waals surface area contributed by atoms with Gasteiger partial charge in [0.1, 0.15) is 0 Å². The Morgan fingerprint density at radius 3 is 2.86 bits per heavy atom. The van der Waals surface area contributed by atoms with Crippen molar-refractivity contribution in [3.8, 4) is 0 Å². The Hall–Kier alpha value is -1.56. The van der Waals surface area contributed by atoms with Gasteiger partial charge < -0.3 is 15.5 Å². The van der Waals surface area contributed by atoms with Crippen molar-refractivity contribution in [1.29, 1.82) is 0 Å². The normalized spacial score (nSPS) is 15.3. The van der Waals surface area contributed by atoms with Crippen LogP contribution < -0.4 is 10.6 Å². The molecule has 0 bridgehead atoms. The lowest BCUT2D eigenvalue weighted by Gasteiger charge is -2.20. The van der Waals surface area contributed by atoms with Crippen LogP contribution >= 0.6 is 11.3 Å². The lowest BCUT2D eigenvalue weighted by Crippen LogP contribution is -2.39. The van der Waals surface area contributed by atoms with Gasteiger partial charge >= 0.3 is 0 Å². The number of rotatable bonds is 6. The van der Waals surface area contributed by atoms with Crippen LogP contribution in [0.5, 0.6) is 0 Å². The molecule has 0 aliphatic carbocycles. The summed E-state index contributed by atoms with van der Waals surface area (Å²) in [6.45, 7) is 6.59. The molecule has 2 rings (SSSR count). The van der Waals surface area contributed by atoms with E-state index >= 15 is 0 Å². The van der Waals surface area contributed by atoms with Gasteiger partial charge in [-0.15, -0.1) is 11.3 Å². The lowest BCUT2D eigenvalue weighted by molar-refractivity contribution is 0.0957. The van der Waals surface area contributed by atoms with Crippen molar-refractivity contribution in [3.05, 3.63) is 22.4 Å². The highest BCUT2D eigenvalue weighted by Crippen LogP contribution is 2.08. The molecule has 0 unspecified atom stereocenters. The van der Waals surface area contributed by atoms with E-state index in [1.54, 1.807) is 0 Å². The Bertz CT molecular complexity index is 452. The zero-order chi connectivity index (χ0) is 14.9. The van der Waals surface area contributed by atoms with Gasteiger partial charge in [-0.3, -0.25) is 9.79 Å². The van der Waals surface area contributed by atoms with Crippen LogP contribution in [0, 0.1) is 0 Å². The van der Waals surface area contributed by atoms with E-state index in [0.29, 0.717) is 6.54 Å². The SMILES string of the molecule is CCNC(=NCCCNC(=O)c1cccs1)N1CCCC1. The zero-order valence-corrected chi connectivity index (χ0v) is 13.4. The van der Waals surface area contributed by atoms with Gasteiger partial charge in [-0.05, 0) is 37.6 Å². The summed E-state index contributed by atoms with van der Waals surface area (Å²) in [5.74, 6) is 1.03. The minimum atomic E-state index is 0.0143. The van der Waals surface area contributed by atoms with Gasteiger partial charge in [0.2, 0.25) is 0 Å². The number of aliphatic imine (C=N–C) groups is 1. The molecular formula is C15H24N4OS. The third kappa shape index (κ3) is 5.04. The Balaban J connectivity index is 1.69. The molecule has 0 saturated carbocycles. The van der Waals surface area contributed by atoms with Crippen LogP contribution in [-0.4, -0.2) is 49.5 Å². The molecule has 6 heteroatoms. The number of likely N-dealkylation sites (tertiary alicyclic amines) is 1. The Labute approximate surface area is 130 Å². The summed E-state index contributed by atoms with van der Waals surface area (Å²) in [6, 6.07) is 3.73. The number of carbonyl (C=O) groups excluding carboxylic acids is 1. The summed E-state index contributed by atoms with van der Waals surface area (Å²) in [5.41, 5.74) is 0. The highest BCUT2D eigenvalue weighted by molar-refractivity contribution is 7.12. The maximum Gasteiger partial charge on any atom is 0.261 e. The van der Waals surface area contributed by atoms with Crippen molar-refractivity contribution in [1.82, 2.24) is 15.5 Å². The van der Waals surface area contributed by atoms with Gasteiger partial charge in [-0.1, -0.05) is 6.07 Å². The smallest absolute Gasteiger partial charge is 0.261 e. The van der Waals surface area contributed by atoms with Crippen molar-refractivity contribution >= 4 is 23.2 Å². The molecule has 1 aliphatic rings. The van der Waals surface area contributed by atoms with Gasteiger partial charge in [0.05, 0.1) is 4.88 Å². The average Bonchev–Trinajstić information content (AvgIpc) is 3.18. The topological polar surface area (TPSA) is 56.7 Å². The van der Waals surface area contributed by atoms with Crippen molar-refractivity contribution < 1.29 is 4.79 Å². The highest BCUT2D eigenvalue weighted by Gasteiger charge is 2.15. The first-order valence-corrected chi connectivity index (χ1v) is 8.54. The molecule has 21 heavy (non-hydrogen) atoms. The van der Waals surface area contributed by atoms with Gasteiger partial charge in [0, 0.05) is 32.7 Å². The minimum absolute atomic E-state index is 0.0143. The van der Waals surface area contributed by atoms with Crippen LogP contribution in [0.15, 0.2) is 22.5 Å². The van der Waals surface area contributed by atoms with Gasteiger partial charge in [0.15, 0.2) is 5.96 Å². The largest absolute Gasteiger partial charge is 0.357 e.